The van der Waals surface area contributed by atoms with Crippen molar-refractivity contribution in [1.29, 1.82) is 0 Å². The summed E-state index contributed by atoms with van der Waals surface area (Å²) in [6.45, 7) is 4.19. The summed E-state index contributed by atoms with van der Waals surface area (Å²) in [5.74, 6) is -3.17. The molecule has 1 aliphatic heterocycles. The molecule has 9 heteroatoms. The number of amides is 2. The molecule has 0 saturated carbocycles. The second kappa shape index (κ2) is 11.9. The minimum absolute atomic E-state index is 0.0417. The number of rotatable bonds is 8. The first-order chi connectivity index (χ1) is 17.8. The van der Waals surface area contributed by atoms with Gasteiger partial charge in [0.25, 0.3) is 0 Å². The van der Waals surface area contributed by atoms with Gasteiger partial charge < -0.3 is 14.8 Å². The van der Waals surface area contributed by atoms with Gasteiger partial charge in [0, 0.05) is 50.2 Å². The van der Waals surface area contributed by atoms with E-state index in [4.69, 9.17) is 0 Å². The molecule has 0 unspecified atom stereocenters. The molecule has 4 rings (SSSR count). The lowest BCUT2D eigenvalue weighted by Crippen LogP contribution is -2.37. The monoisotopic (exact) mass is 510 g/mol. The van der Waals surface area contributed by atoms with Crippen molar-refractivity contribution in [2.45, 2.75) is 45.1 Å². The van der Waals surface area contributed by atoms with Gasteiger partial charge in [-0.25, -0.2) is 18.2 Å². The zero-order valence-electron chi connectivity index (χ0n) is 20.6. The maximum absolute atomic E-state index is 13.3. The van der Waals surface area contributed by atoms with Crippen LogP contribution in [0.25, 0.3) is 6.08 Å². The van der Waals surface area contributed by atoms with E-state index in [2.05, 4.69) is 14.9 Å². The Balaban J connectivity index is 1.22. The number of carbonyl (C=O) groups is 2. The van der Waals surface area contributed by atoms with Crippen molar-refractivity contribution in [2.24, 2.45) is 0 Å². The van der Waals surface area contributed by atoms with E-state index in [9.17, 15) is 22.8 Å². The number of hydrogen-bond donors (Lipinski definition) is 1. The van der Waals surface area contributed by atoms with Gasteiger partial charge in [0.05, 0.1) is 0 Å². The van der Waals surface area contributed by atoms with Gasteiger partial charge in [0.2, 0.25) is 11.8 Å². The number of nitrogens with one attached hydrogen (secondary N) is 1. The number of anilines is 1. The summed E-state index contributed by atoms with van der Waals surface area (Å²) in [5.41, 5.74) is 1.77. The molecular weight excluding hydrogens is 481 g/mol. The van der Waals surface area contributed by atoms with E-state index in [1.165, 1.54) is 6.08 Å². The Labute approximate surface area is 213 Å². The lowest BCUT2D eigenvalue weighted by atomic mass is 9.89. The van der Waals surface area contributed by atoms with E-state index < -0.39 is 23.4 Å². The Kier molecular flexibility index (Phi) is 8.43. The third-order valence-electron chi connectivity index (χ3n) is 6.64. The number of likely N-dealkylation sites (tertiary alicyclic amines) is 1. The van der Waals surface area contributed by atoms with Crippen LogP contribution in [-0.4, -0.2) is 39.4 Å². The molecule has 2 aromatic carbocycles. The van der Waals surface area contributed by atoms with Crippen molar-refractivity contribution >= 4 is 23.6 Å². The van der Waals surface area contributed by atoms with Gasteiger partial charge in [0.1, 0.15) is 5.82 Å². The maximum Gasteiger partial charge on any atom is 0.248 e. The molecule has 37 heavy (non-hydrogen) atoms. The summed E-state index contributed by atoms with van der Waals surface area (Å²) in [6.07, 6.45) is 9.11. The highest BCUT2D eigenvalue weighted by Gasteiger charge is 2.23. The third kappa shape index (κ3) is 6.87. The molecule has 0 aliphatic carbocycles. The van der Waals surface area contributed by atoms with Gasteiger partial charge >= 0.3 is 0 Å². The highest BCUT2D eigenvalue weighted by Crippen LogP contribution is 2.29. The van der Waals surface area contributed by atoms with E-state index in [1.807, 2.05) is 30.2 Å². The largest absolute Gasteiger partial charge is 0.343 e. The molecule has 0 radical (unpaired) electrons. The van der Waals surface area contributed by atoms with Gasteiger partial charge in [-0.2, -0.15) is 0 Å². The Hall–Kier alpha value is -3.88. The fourth-order valence-corrected chi connectivity index (χ4v) is 4.53. The minimum Gasteiger partial charge on any atom is -0.343 e. The first-order valence-electron chi connectivity index (χ1n) is 12.3. The van der Waals surface area contributed by atoms with E-state index in [0.717, 1.165) is 68.5 Å². The zero-order valence-corrected chi connectivity index (χ0v) is 20.6. The molecule has 0 bridgehead atoms. The zero-order chi connectivity index (χ0) is 26.4. The number of benzene rings is 2. The summed E-state index contributed by atoms with van der Waals surface area (Å²) < 4.78 is 41.7. The maximum atomic E-state index is 13.3. The van der Waals surface area contributed by atoms with E-state index in [0.29, 0.717) is 18.0 Å². The number of aromatic nitrogens is 2. The molecule has 1 saturated heterocycles. The molecule has 1 aromatic heterocycles. The normalized spacial score (nSPS) is 14.3. The number of halogens is 3. The molecule has 1 fully saturated rings. The average Bonchev–Trinajstić information content (AvgIpc) is 3.31. The van der Waals surface area contributed by atoms with Crippen LogP contribution in [0.15, 0.2) is 54.9 Å². The van der Waals surface area contributed by atoms with Crippen LogP contribution in [0.5, 0.6) is 0 Å². The second-order valence-electron chi connectivity index (χ2n) is 9.17. The lowest BCUT2D eigenvalue weighted by molar-refractivity contribution is -0.132. The van der Waals surface area contributed by atoms with Crippen LogP contribution in [0.2, 0.25) is 0 Å². The Morgan fingerprint density at radius 1 is 1.08 bits per heavy atom. The van der Waals surface area contributed by atoms with Crippen LogP contribution >= 0.6 is 0 Å². The fraction of sp³-hybridized carbons (Fsp3) is 0.321. The molecule has 6 nitrogen and oxygen atoms in total. The van der Waals surface area contributed by atoms with E-state index >= 15 is 0 Å². The summed E-state index contributed by atoms with van der Waals surface area (Å²) >= 11 is 0. The predicted molar refractivity (Wildman–Crippen MR) is 135 cm³/mol. The number of aryl methyl sites for hydroxylation is 2. The van der Waals surface area contributed by atoms with Crippen molar-refractivity contribution in [2.75, 3.05) is 18.4 Å². The Bertz CT molecular complexity index is 1260. The van der Waals surface area contributed by atoms with Crippen molar-refractivity contribution in [1.82, 2.24) is 14.5 Å². The van der Waals surface area contributed by atoms with Crippen LogP contribution in [-0.2, 0) is 16.1 Å². The first-order valence-corrected chi connectivity index (χ1v) is 12.3. The smallest absolute Gasteiger partial charge is 0.248 e. The highest BCUT2D eigenvalue weighted by molar-refractivity contribution is 6.01. The third-order valence-corrected chi connectivity index (χ3v) is 6.64. The predicted octanol–water partition coefficient (Wildman–Crippen LogP) is 5.45. The van der Waals surface area contributed by atoms with Crippen LogP contribution in [0, 0.1) is 24.4 Å². The molecule has 194 valence electrons. The molecule has 1 N–H and O–H groups in total. The van der Waals surface area contributed by atoms with Gasteiger partial charge in [-0.3, -0.25) is 9.59 Å². The van der Waals surface area contributed by atoms with E-state index in [1.54, 1.807) is 18.3 Å². The number of piperidine rings is 1. The fourth-order valence-electron chi connectivity index (χ4n) is 4.53. The lowest BCUT2D eigenvalue weighted by Gasteiger charge is -2.32. The van der Waals surface area contributed by atoms with Gasteiger partial charge in [-0.1, -0.05) is 12.1 Å². The van der Waals surface area contributed by atoms with Crippen LogP contribution < -0.4 is 5.32 Å². The summed E-state index contributed by atoms with van der Waals surface area (Å²) in [7, 11) is 0. The van der Waals surface area contributed by atoms with Gasteiger partial charge in [-0.05, 0) is 73.6 Å². The van der Waals surface area contributed by atoms with Crippen molar-refractivity contribution in [3.63, 3.8) is 0 Å². The molecule has 2 heterocycles. The van der Waals surface area contributed by atoms with Gasteiger partial charge in [-0.15, -0.1) is 0 Å². The second-order valence-corrected chi connectivity index (χ2v) is 9.17. The Morgan fingerprint density at radius 3 is 2.38 bits per heavy atom. The van der Waals surface area contributed by atoms with Crippen LogP contribution in [0.3, 0.4) is 0 Å². The van der Waals surface area contributed by atoms with Crippen molar-refractivity contribution < 1.29 is 22.8 Å². The Morgan fingerprint density at radius 2 is 1.76 bits per heavy atom. The topological polar surface area (TPSA) is 67.2 Å². The summed E-state index contributed by atoms with van der Waals surface area (Å²) in [6, 6.07) is 9.15. The van der Waals surface area contributed by atoms with Crippen LogP contribution in [0.4, 0.5) is 18.9 Å². The molecule has 1 aliphatic rings. The number of hydrogen-bond acceptors (Lipinski definition) is 3. The van der Waals surface area contributed by atoms with Gasteiger partial charge in [0.15, 0.2) is 17.5 Å². The summed E-state index contributed by atoms with van der Waals surface area (Å²) in [5, 5.41) is 2.69. The highest BCUT2D eigenvalue weighted by atomic mass is 19.2. The number of nitrogens with zero attached hydrogens (tertiary/aromatic N) is 3. The molecule has 3 aromatic rings. The molecule has 0 atom stereocenters. The molecular formula is C28H29F3N4O2. The molecule has 2 amide bonds. The average molecular weight is 511 g/mol. The standard InChI is InChI=1S/C28H29F3N4O2/c1-19-32-12-16-34(19)13-2-3-27(37)35-14-10-22(11-15-35)21-5-7-23(8-6-21)33-26(36)9-4-20-17-24(29)28(31)25(30)18-20/h4-9,12,16-18,22H,2-3,10-11,13-15H2,1H3,(H,33,36)/b9-4+. The SMILES string of the molecule is Cc1nccn1CCCC(=O)N1CCC(c2ccc(NC(=O)/C=C/c3cc(F)c(F)c(F)c3)cc2)CC1. The number of carbonyl (C=O) groups excluding carboxylic acids is 2. The number of imidazole rings is 1. The van der Waals surface area contributed by atoms with Crippen LogP contribution in [0.1, 0.15) is 48.6 Å². The minimum atomic E-state index is -1.55. The van der Waals surface area contributed by atoms with Crippen molar-refractivity contribution in [3.8, 4) is 0 Å². The summed E-state index contributed by atoms with van der Waals surface area (Å²) in [4.78, 5) is 30.9. The quantitative estimate of drug-likeness (QED) is 0.324. The van der Waals surface area contributed by atoms with Crippen molar-refractivity contribution in [3.05, 3.63) is 89.3 Å². The van der Waals surface area contributed by atoms with E-state index in [-0.39, 0.29) is 11.5 Å². The molecule has 0 spiro atoms. The first kappa shape index (κ1) is 26.2.